The highest BCUT2D eigenvalue weighted by Gasteiger charge is 2.31. The van der Waals surface area contributed by atoms with Crippen LogP contribution in [0.25, 0.3) is 11.1 Å². The summed E-state index contributed by atoms with van der Waals surface area (Å²) in [5, 5.41) is 4.99. The normalized spacial score (nSPS) is 17.1. The van der Waals surface area contributed by atoms with Gasteiger partial charge in [0.05, 0.1) is 16.6 Å². The molecule has 2 fully saturated rings. The third kappa shape index (κ3) is 4.35. The summed E-state index contributed by atoms with van der Waals surface area (Å²) in [6.45, 7) is 7.76. The first-order chi connectivity index (χ1) is 15.9. The minimum atomic E-state index is -0.419. The van der Waals surface area contributed by atoms with Crippen molar-refractivity contribution in [3.63, 3.8) is 0 Å². The van der Waals surface area contributed by atoms with Gasteiger partial charge in [-0.1, -0.05) is 31.1 Å². The molecule has 33 heavy (non-hydrogen) atoms. The van der Waals surface area contributed by atoms with Gasteiger partial charge >= 0.3 is 0 Å². The van der Waals surface area contributed by atoms with E-state index in [0.717, 1.165) is 54.8 Å². The molecule has 2 N–H and O–H groups in total. The SMILES string of the molecule is CC(C)c1noc2nc(C3CC3)cc(C(=O)N3CCN(Cc4ccc(C(N)=O)cc4)CC3)c12. The Morgan fingerprint density at radius 1 is 1.12 bits per heavy atom. The number of benzene rings is 1. The van der Waals surface area contributed by atoms with Gasteiger partial charge in [0.15, 0.2) is 0 Å². The molecule has 1 aromatic carbocycles. The molecule has 2 amide bonds. The zero-order chi connectivity index (χ0) is 23.1. The molecule has 1 saturated heterocycles. The highest BCUT2D eigenvalue weighted by Crippen LogP contribution is 2.41. The molecule has 0 atom stereocenters. The quantitative estimate of drug-likeness (QED) is 0.622. The average Bonchev–Trinajstić information content (AvgIpc) is 3.57. The number of nitrogens with zero attached hydrogens (tertiary/aromatic N) is 4. The van der Waals surface area contributed by atoms with Gasteiger partial charge in [-0.15, -0.1) is 0 Å². The van der Waals surface area contributed by atoms with Crippen molar-refractivity contribution in [2.24, 2.45) is 5.73 Å². The standard InChI is InChI=1S/C25H29N5O3/c1-15(2)22-21-19(13-20(17-7-8-17)27-24(21)33-28-22)25(32)30-11-9-29(10-12-30)14-16-3-5-18(6-4-16)23(26)31/h3-6,13,15,17H,7-12,14H2,1-2H3,(H2,26,31). The lowest BCUT2D eigenvalue weighted by atomic mass is 10.0. The fourth-order valence-electron chi connectivity index (χ4n) is 4.46. The van der Waals surface area contributed by atoms with Gasteiger partial charge in [-0.25, -0.2) is 4.98 Å². The van der Waals surface area contributed by atoms with E-state index in [0.29, 0.717) is 35.8 Å². The number of nitrogens with two attached hydrogens (primary N) is 1. The number of primary amides is 1. The zero-order valence-corrected chi connectivity index (χ0v) is 19.1. The van der Waals surface area contributed by atoms with Crippen molar-refractivity contribution in [2.45, 2.75) is 45.1 Å². The van der Waals surface area contributed by atoms with Crippen molar-refractivity contribution in [3.05, 3.63) is 58.4 Å². The number of aromatic nitrogens is 2. The molecule has 0 bridgehead atoms. The van der Waals surface area contributed by atoms with Crippen LogP contribution in [0.15, 0.2) is 34.9 Å². The molecule has 0 spiro atoms. The van der Waals surface area contributed by atoms with Crippen molar-refractivity contribution in [1.82, 2.24) is 19.9 Å². The van der Waals surface area contributed by atoms with Crippen LogP contribution in [0.5, 0.6) is 0 Å². The molecule has 1 saturated carbocycles. The molecule has 1 aliphatic carbocycles. The van der Waals surface area contributed by atoms with Crippen LogP contribution in [-0.2, 0) is 6.54 Å². The topological polar surface area (TPSA) is 106 Å². The van der Waals surface area contributed by atoms with Crippen molar-refractivity contribution < 1.29 is 14.1 Å². The molecule has 0 radical (unpaired) electrons. The second kappa shape index (κ2) is 8.59. The lowest BCUT2D eigenvalue weighted by Crippen LogP contribution is -2.48. The predicted molar refractivity (Wildman–Crippen MR) is 124 cm³/mol. The molecular formula is C25H29N5O3. The maximum absolute atomic E-state index is 13.6. The molecule has 8 heteroatoms. The van der Waals surface area contributed by atoms with Gasteiger partial charge in [0.1, 0.15) is 0 Å². The van der Waals surface area contributed by atoms with Crippen molar-refractivity contribution in [3.8, 4) is 0 Å². The fourth-order valence-corrected chi connectivity index (χ4v) is 4.46. The first-order valence-electron chi connectivity index (χ1n) is 11.6. The summed E-state index contributed by atoms with van der Waals surface area (Å²) in [5.41, 5.74) is 9.83. The minimum Gasteiger partial charge on any atom is -0.366 e. The third-order valence-corrected chi connectivity index (χ3v) is 6.57. The number of fused-ring (bicyclic) bond motifs is 1. The summed E-state index contributed by atoms with van der Waals surface area (Å²) in [5.74, 6) is 0.174. The predicted octanol–water partition coefficient (Wildman–Crippen LogP) is 3.28. The summed E-state index contributed by atoms with van der Waals surface area (Å²) >= 11 is 0. The largest absolute Gasteiger partial charge is 0.366 e. The van der Waals surface area contributed by atoms with Gasteiger partial charge in [-0.05, 0) is 42.5 Å². The summed E-state index contributed by atoms with van der Waals surface area (Å²) < 4.78 is 5.54. The lowest BCUT2D eigenvalue weighted by molar-refractivity contribution is 0.0630. The van der Waals surface area contributed by atoms with Gasteiger partial charge in [0, 0.05) is 49.9 Å². The minimum absolute atomic E-state index is 0.0276. The first kappa shape index (κ1) is 21.6. The molecule has 0 unspecified atom stereocenters. The molecule has 2 aliphatic rings. The van der Waals surface area contributed by atoms with Gasteiger partial charge in [-0.3, -0.25) is 14.5 Å². The Hall–Kier alpha value is -3.26. The highest BCUT2D eigenvalue weighted by atomic mass is 16.5. The van der Waals surface area contributed by atoms with E-state index in [2.05, 4.69) is 28.9 Å². The summed E-state index contributed by atoms with van der Waals surface area (Å²) in [6.07, 6.45) is 2.22. The summed E-state index contributed by atoms with van der Waals surface area (Å²) in [7, 11) is 0. The number of amides is 2. The lowest BCUT2D eigenvalue weighted by Gasteiger charge is -2.35. The number of pyridine rings is 1. The van der Waals surface area contributed by atoms with E-state index in [4.69, 9.17) is 10.3 Å². The average molecular weight is 448 g/mol. The van der Waals surface area contributed by atoms with Gasteiger partial charge in [0.25, 0.3) is 11.6 Å². The van der Waals surface area contributed by atoms with Gasteiger partial charge in [-0.2, -0.15) is 0 Å². The van der Waals surface area contributed by atoms with Crippen LogP contribution in [0.2, 0.25) is 0 Å². The Morgan fingerprint density at radius 2 is 1.82 bits per heavy atom. The first-order valence-corrected chi connectivity index (χ1v) is 11.6. The molecule has 1 aliphatic heterocycles. The number of piperazine rings is 1. The number of rotatable bonds is 6. The van der Waals surface area contributed by atoms with E-state index < -0.39 is 5.91 Å². The molecule has 3 aromatic rings. The van der Waals surface area contributed by atoms with Crippen LogP contribution in [-0.4, -0.2) is 57.9 Å². The van der Waals surface area contributed by atoms with E-state index >= 15 is 0 Å². The summed E-state index contributed by atoms with van der Waals surface area (Å²) in [6, 6.07) is 9.36. The second-order valence-electron chi connectivity index (χ2n) is 9.40. The number of carbonyl (C=O) groups excluding carboxylic acids is 2. The second-order valence-corrected chi connectivity index (χ2v) is 9.40. The van der Waals surface area contributed by atoms with Crippen molar-refractivity contribution in [2.75, 3.05) is 26.2 Å². The molecule has 2 aromatic heterocycles. The van der Waals surface area contributed by atoms with E-state index in [1.54, 1.807) is 12.1 Å². The van der Waals surface area contributed by atoms with Crippen molar-refractivity contribution >= 4 is 22.9 Å². The fraction of sp³-hybridized carbons (Fsp3) is 0.440. The van der Waals surface area contributed by atoms with Gasteiger partial charge < -0.3 is 15.2 Å². The van der Waals surface area contributed by atoms with E-state index in [-0.39, 0.29) is 11.8 Å². The zero-order valence-electron chi connectivity index (χ0n) is 19.1. The molecule has 8 nitrogen and oxygen atoms in total. The molecular weight excluding hydrogens is 418 g/mol. The monoisotopic (exact) mass is 447 g/mol. The number of carbonyl (C=O) groups is 2. The van der Waals surface area contributed by atoms with E-state index in [1.807, 2.05) is 23.1 Å². The number of hydrogen-bond acceptors (Lipinski definition) is 6. The van der Waals surface area contributed by atoms with Crippen LogP contribution in [0.3, 0.4) is 0 Å². The van der Waals surface area contributed by atoms with E-state index in [9.17, 15) is 9.59 Å². The van der Waals surface area contributed by atoms with Crippen LogP contribution in [0.4, 0.5) is 0 Å². The number of hydrogen-bond donors (Lipinski definition) is 1. The molecule has 5 rings (SSSR count). The van der Waals surface area contributed by atoms with Crippen LogP contribution < -0.4 is 5.73 Å². The maximum Gasteiger partial charge on any atom is 0.259 e. The smallest absolute Gasteiger partial charge is 0.259 e. The highest BCUT2D eigenvalue weighted by molar-refractivity contribution is 6.06. The Bertz CT molecular complexity index is 1190. The maximum atomic E-state index is 13.6. The third-order valence-electron chi connectivity index (χ3n) is 6.57. The van der Waals surface area contributed by atoms with Crippen molar-refractivity contribution in [1.29, 1.82) is 0 Å². The Kier molecular flexibility index (Phi) is 5.62. The van der Waals surface area contributed by atoms with Crippen LogP contribution >= 0.6 is 0 Å². The van der Waals surface area contributed by atoms with E-state index in [1.165, 1.54) is 0 Å². The summed E-state index contributed by atoms with van der Waals surface area (Å²) in [4.78, 5) is 33.8. The molecule has 172 valence electrons. The van der Waals surface area contributed by atoms with Crippen LogP contribution in [0.1, 0.15) is 76.2 Å². The Labute approximate surface area is 192 Å². The molecule has 3 heterocycles. The Balaban J connectivity index is 1.31. The van der Waals surface area contributed by atoms with Crippen LogP contribution in [0, 0.1) is 0 Å². The van der Waals surface area contributed by atoms with Gasteiger partial charge in [0.2, 0.25) is 5.91 Å². The Morgan fingerprint density at radius 3 is 2.42 bits per heavy atom.